The Morgan fingerprint density at radius 1 is 1.12 bits per heavy atom. The highest BCUT2D eigenvalue weighted by molar-refractivity contribution is 6.42. The Hall–Kier alpha value is -3.35. The van der Waals surface area contributed by atoms with E-state index >= 15 is 0 Å². The first-order valence-corrected chi connectivity index (χ1v) is 17.1. The Morgan fingerprint density at radius 2 is 1.90 bits per heavy atom. The maximum atomic E-state index is 14.4. The number of halogens is 2. The molecule has 11 nitrogen and oxygen atoms in total. The molecule has 13 heteroatoms. The summed E-state index contributed by atoms with van der Waals surface area (Å²) >= 11 is 12.4. The summed E-state index contributed by atoms with van der Waals surface area (Å²) in [6, 6.07) is 9.63. The van der Waals surface area contributed by atoms with E-state index in [9.17, 15) is 14.7 Å². The maximum absolute atomic E-state index is 14.4. The highest BCUT2D eigenvalue weighted by atomic mass is 35.5. The van der Waals surface area contributed by atoms with Crippen LogP contribution in [0.25, 0.3) is 0 Å². The predicted molar refractivity (Wildman–Crippen MR) is 188 cm³/mol. The summed E-state index contributed by atoms with van der Waals surface area (Å²) in [6.07, 6.45) is 2.15. The lowest BCUT2D eigenvalue weighted by Gasteiger charge is -2.36. The minimum Gasteiger partial charge on any atom is -0.490 e. The van der Waals surface area contributed by atoms with Crippen molar-refractivity contribution in [1.82, 2.24) is 15.0 Å². The third kappa shape index (κ3) is 10.1. The molecule has 0 radical (unpaired) electrons. The zero-order valence-corrected chi connectivity index (χ0v) is 30.0. The number of rotatable bonds is 8. The van der Waals surface area contributed by atoms with Gasteiger partial charge in [-0.15, -0.1) is 0 Å². The number of aromatic nitrogens is 1. The third-order valence-electron chi connectivity index (χ3n) is 8.51. The molecular weight excluding hydrogens is 657 g/mol. The molecule has 0 bridgehead atoms. The van der Waals surface area contributed by atoms with Gasteiger partial charge in [0.1, 0.15) is 17.1 Å². The number of aliphatic hydroxyl groups excluding tert-OH is 1. The van der Waals surface area contributed by atoms with Gasteiger partial charge in [0, 0.05) is 37.8 Å². The summed E-state index contributed by atoms with van der Waals surface area (Å²) in [5, 5.41) is 20.7. The van der Waals surface area contributed by atoms with E-state index in [2.05, 4.69) is 27.6 Å². The first-order chi connectivity index (χ1) is 22.9. The van der Waals surface area contributed by atoms with Crippen molar-refractivity contribution in [2.24, 2.45) is 5.92 Å². The zero-order chi connectivity index (χ0) is 35.0. The molecular formula is C35H47Cl2N5O6. The lowest BCUT2D eigenvalue weighted by molar-refractivity contribution is -0.0177. The highest BCUT2D eigenvalue weighted by Gasteiger charge is 2.30. The van der Waals surface area contributed by atoms with Crippen LogP contribution in [0.5, 0.6) is 5.75 Å². The molecule has 0 saturated heterocycles. The van der Waals surface area contributed by atoms with Crippen molar-refractivity contribution in [1.29, 1.82) is 0 Å². The fraction of sp³-hybridized carbons (Fsp3) is 0.514. The molecule has 1 aromatic heterocycles. The van der Waals surface area contributed by atoms with Gasteiger partial charge in [0.15, 0.2) is 5.76 Å². The molecule has 0 aliphatic carbocycles. The number of anilines is 2. The number of carbonyl (C=O) groups is 2. The van der Waals surface area contributed by atoms with Crippen molar-refractivity contribution in [3.63, 3.8) is 0 Å². The lowest BCUT2D eigenvalue weighted by atomic mass is 10.0. The molecule has 262 valence electrons. The topological polar surface area (TPSA) is 129 Å². The van der Waals surface area contributed by atoms with Crippen LogP contribution in [-0.2, 0) is 11.3 Å². The van der Waals surface area contributed by atoms with E-state index in [4.69, 9.17) is 37.2 Å². The number of carbonyl (C=O) groups excluding carboxylic acids is 2. The fourth-order valence-electron chi connectivity index (χ4n) is 5.72. The van der Waals surface area contributed by atoms with Gasteiger partial charge in [0.2, 0.25) is 0 Å². The van der Waals surface area contributed by atoms with Crippen LogP contribution in [0, 0.1) is 19.8 Å². The maximum Gasteiger partial charge on any atom is 0.323 e. The van der Waals surface area contributed by atoms with Gasteiger partial charge in [-0.3, -0.25) is 9.69 Å². The Kier molecular flexibility index (Phi) is 13.5. The van der Waals surface area contributed by atoms with E-state index in [1.807, 2.05) is 33.0 Å². The summed E-state index contributed by atoms with van der Waals surface area (Å²) < 4.78 is 17.9. The minimum atomic E-state index is -0.508. The smallest absolute Gasteiger partial charge is 0.323 e. The quantitative estimate of drug-likeness (QED) is 0.225. The van der Waals surface area contributed by atoms with Gasteiger partial charge in [-0.25, -0.2) is 4.79 Å². The van der Waals surface area contributed by atoms with E-state index < -0.39 is 12.1 Å². The number of amides is 3. The van der Waals surface area contributed by atoms with Crippen molar-refractivity contribution in [2.45, 2.75) is 78.7 Å². The van der Waals surface area contributed by atoms with Crippen LogP contribution in [0.2, 0.25) is 10.0 Å². The van der Waals surface area contributed by atoms with Gasteiger partial charge >= 0.3 is 6.03 Å². The zero-order valence-electron chi connectivity index (χ0n) is 28.5. The van der Waals surface area contributed by atoms with Gasteiger partial charge in [-0.1, -0.05) is 41.3 Å². The number of fused-ring (bicyclic) bond motifs is 1. The number of hydrogen-bond donors (Lipinski definition) is 3. The number of hydrogen-bond acceptors (Lipinski definition) is 8. The number of aliphatic hydroxyl groups is 1. The summed E-state index contributed by atoms with van der Waals surface area (Å²) in [5.74, 6) is 0.487. The second-order valence-electron chi connectivity index (χ2n) is 12.7. The van der Waals surface area contributed by atoms with Crippen LogP contribution in [0.4, 0.5) is 16.2 Å². The molecule has 1 aliphatic rings. The van der Waals surface area contributed by atoms with Gasteiger partial charge in [-0.05, 0) is 89.9 Å². The van der Waals surface area contributed by atoms with E-state index in [1.165, 1.54) is 0 Å². The molecule has 2 heterocycles. The van der Waals surface area contributed by atoms with Gasteiger partial charge < -0.3 is 34.6 Å². The molecule has 0 saturated carbocycles. The number of nitrogens with zero attached hydrogens (tertiary/aromatic N) is 3. The molecule has 3 N–H and O–H groups in total. The first-order valence-electron chi connectivity index (χ1n) is 16.3. The Balaban J connectivity index is 1.59. The summed E-state index contributed by atoms with van der Waals surface area (Å²) in [5.41, 5.74) is 2.75. The third-order valence-corrected chi connectivity index (χ3v) is 9.25. The van der Waals surface area contributed by atoms with Gasteiger partial charge in [-0.2, -0.15) is 0 Å². The fourth-order valence-corrected chi connectivity index (χ4v) is 6.04. The van der Waals surface area contributed by atoms with Gasteiger partial charge in [0.25, 0.3) is 5.91 Å². The Bertz CT molecular complexity index is 1530. The second kappa shape index (κ2) is 17.3. The van der Waals surface area contributed by atoms with E-state index in [0.29, 0.717) is 64.9 Å². The molecule has 0 unspecified atom stereocenters. The van der Waals surface area contributed by atoms with Crippen molar-refractivity contribution in [2.75, 3.05) is 44.0 Å². The first kappa shape index (κ1) is 37.5. The molecule has 0 spiro atoms. The number of likely N-dealkylation sites (N-methyl/N-ethyl adjacent to an activating group) is 1. The van der Waals surface area contributed by atoms with Crippen LogP contribution in [0.15, 0.2) is 40.9 Å². The number of benzene rings is 2. The Morgan fingerprint density at radius 3 is 2.58 bits per heavy atom. The second-order valence-corrected chi connectivity index (χ2v) is 13.5. The Labute approximate surface area is 292 Å². The normalized spacial score (nSPS) is 20.1. The lowest BCUT2D eigenvalue weighted by Crippen LogP contribution is -2.47. The molecule has 48 heavy (non-hydrogen) atoms. The largest absolute Gasteiger partial charge is 0.490 e. The van der Waals surface area contributed by atoms with Crippen LogP contribution >= 0.6 is 23.2 Å². The van der Waals surface area contributed by atoms with Crippen LogP contribution in [0.1, 0.15) is 67.4 Å². The number of nitrogens with one attached hydrogen (secondary N) is 2. The molecule has 3 amide bonds. The van der Waals surface area contributed by atoms with Gasteiger partial charge in [0.05, 0.1) is 40.5 Å². The number of aryl methyl sites for hydroxylation is 2. The average molecular weight is 705 g/mol. The van der Waals surface area contributed by atoms with E-state index in [-0.39, 0.29) is 36.2 Å². The summed E-state index contributed by atoms with van der Waals surface area (Å²) in [7, 11) is 2.02. The summed E-state index contributed by atoms with van der Waals surface area (Å²) in [4.78, 5) is 31.1. The van der Waals surface area contributed by atoms with E-state index in [0.717, 1.165) is 24.8 Å². The molecule has 3 aromatic rings. The average Bonchev–Trinajstić information content (AvgIpc) is 3.36. The molecule has 4 atom stereocenters. The van der Waals surface area contributed by atoms with Crippen LogP contribution in [0.3, 0.4) is 0 Å². The minimum absolute atomic E-state index is 0.0902. The SMILES string of the molecule is Cc1noc(C)c1NC(=O)Nc1ccc2c(c1)C(=O)N([C@H](C)CO)C[C@@H](C)[C@H](CN(C)Cc1ccc(Cl)c(Cl)c1)OCCCC[C@H](C)O2. The van der Waals surface area contributed by atoms with Crippen LogP contribution < -0.4 is 15.4 Å². The number of urea groups is 1. The molecule has 1 aliphatic heterocycles. The molecule has 2 aromatic carbocycles. The van der Waals surface area contributed by atoms with E-state index in [1.54, 1.807) is 43.0 Å². The highest BCUT2D eigenvalue weighted by Crippen LogP contribution is 2.29. The van der Waals surface area contributed by atoms with Crippen molar-refractivity contribution in [3.05, 3.63) is 69.0 Å². The van der Waals surface area contributed by atoms with Crippen molar-refractivity contribution in [3.8, 4) is 5.75 Å². The standard InChI is InChI=1S/C35H47Cl2N5O6/c1-21-17-42(22(2)20-43)34(44)28-16-27(38-35(45)39-33-24(4)40-48-25(33)5)11-13-31(28)47-23(3)9-7-8-14-46-32(21)19-41(6)18-26-10-12-29(36)30(37)15-26/h10-13,15-16,21-23,32,43H,7-9,14,17-20H2,1-6H3,(H2,38,39,45)/t21-,22-,23+,32+/m1/s1. The molecule has 4 rings (SSSR count). The van der Waals surface area contributed by atoms with Crippen molar-refractivity contribution < 1.29 is 28.7 Å². The monoisotopic (exact) mass is 703 g/mol. The molecule has 0 fully saturated rings. The van der Waals surface area contributed by atoms with Crippen LogP contribution in [-0.4, -0.2) is 83.6 Å². The number of ether oxygens (including phenoxy) is 2. The predicted octanol–water partition coefficient (Wildman–Crippen LogP) is 7.17. The van der Waals surface area contributed by atoms with Crippen molar-refractivity contribution >= 4 is 46.5 Å². The summed E-state index contributed by atoms with van der Waals surface area (Å²) in [6.45, 7) is 11.2.